The zero-order valence-corrected chi connectivity index (χ0v) is 9.30. The van der Waals surface area contributed by atoms with Gasteiger partial charge < -0.3 is 5.11 Å². The predicted molar refractivity (Wildman–Crippen MR) is 55.8 cm³/mol. The Balaban J connectivity index is 2.17. The van der Waals surface area contributed by atoms with Gasteiger partial charge in [-0.05, 0) is 19.8 Å². The molecule has 1 saturated carbocycles. The van der Waals surface area contributed by atoms with Crippen LogP contribution in [0.4, 0.5) is 0 Å². The third-order valence-electron chi connectivity index (χ3n) is 2.66. The Bertz CT molecular complexity index is 371. The van der Waals surface area contributed by atoms with Gasteiger partial charge in [-0.15, -0.1) is 5.10 Å². The molecule has 1 aromatic heterocycles. The lowest BCUT2D eigenvalue weighted by molar-refractivity contribution is -0.139. The average Bonchev–Trinajstić information content (AvgIpc) is 2.77. The quantitative estimate of drug-likeness (QED) is 0.820. The standard InChI is InChI=1S/C9H13N3O2S/c1-6-10-8(12-11-6)15-9(7(13)14)4-2-3-5-9/h2-5H2,1H3,(H,13,14)(H,10,11,12). The van der Waals surface area contributed by atoms with Gasteiger partial charge in [0.15, 0.2) is 0 Å². The van der Waals surface area contributed by atoms with E-state index in [0.717, 1.165) is 18.7 Å². The molecule has 1 aliphatic carbocycles. The summed E-state index contributed by atoms with van der Waals surface area (Å²) in [6.07, 6.45) is 3.37. The number of aryl methyl sites for hydroxylation is 1. The fourth-order valence-corrected chi connectivity index (χ4v) is 3.05. The Hall–Kier alpha value is -1.04. The second-order valence-electron chi connectivity index (χ2n) is 3.81. The highest BCUT2D eigenvalue weighted by Gasteiger charge is 2.43. The highest BCUT2D eigenvalue weighted by Crippen LogP contribution is 2.44. The van der Waals surface area contributed by atoms with Crippen molar-refractivity contribution in [3.05, 3.63) is 5.82 Å². The third-order valence-corrected chi connectivity index (χ3v) is 4.00. The first-order valence-electron chi connectivity index (χ1n) is 4.94. The molecule has 0 atom stereocenters. The molecule has 0 unspecified atom stereocenters. The van der Waals surface area contributed by atoms with Crippen LogP contribution >= 0.6 is 11.8 Å². The number of nitrogens with zero attached hydrogens (tertiary/aromatic N) is 2. The van der Waals surface area contributed by atoms with Gasteiger partial charge in [-0.2, -0.15) is 0 Å². The molecule has 15 heavy (non-hydrogen) atoms. The van der Waals surface area contributed by atoms with E-state index in [1.807, 2.05) is 0 Å². The van der Waals surface area contributed by atoms with Crippen molar-refractivity contribution in [2.75, 3.05) is 0 Å². The maximum Gasteiger partial charge on any atom is 0.320 e. The van der Waals surface area contributed by atoms with E-state index in [2.05, 4.69) is 15.2 Å². The first kappa shape index (κ1) is 10.5. The van der Waals surface area contributed by atoms with E-state index < -0.39 is 10.7 Å². The van der Waals surface area contributed by atoms with Crippen molar-refractivity contribution >= 4 is 17.7 Å². The molecule has 2 rings (SSSR count). The minimum absolute atomic E-state index is 0.539. The van der Waals surface area contributed by atoms with Gasteiger partial charge >= 0.3 is 5.97 Å². The third kappa shape index (κ3) is 1.99. The molecule has 0 spiro atoms. The lowest BCUT2D eigenvalue weighted by Crippen LogP contribution is -2.31. The Labute approximate surface area is 91.7 Å². The normalized spacial score (nSPS) is 19.3. The summed E-state index contributed by atoms with van der Waals surface area (Å²) in [7, 11) is 0. The van der Waals surface area contributed by atoms with Crippen molar-refractivity contribution in [1.29, 1.82) is 0 Å². The lowest BCUT2D eigenvalue weighted by Gasteiger charge is -2.20. The number of aromatic amines is 1. The van der Waals surface area contributed by atoms with Crippen LogP contribution in [0.15, 0.2) is 5.16 Å². The molecule has 0 aromatic carbocycles. The molecule has 1 fully saturated rings. The molecule has 0 amide bonds. The maximum absolute atomic E-state index is 11.2. The summed E-state index contributed by atoms with van der Waals surface area (Å²) in [5.41, 5.74) is 0. The number of carboxylic acids is 1. The molecule has 1 aliphatic rings. The Morgan fingerprint density at radius 3 is 2.67 bits per heavy atom. The van der Waals surface area contributed by atoms with Gasteiger partial charge in [0.1, 0.15) is 10.6 Å². The molecular weight excluding hydrogens is 214 g/mol. The molecule has 0 radical (unpaired) electrons. The van der Waals surface area contributed by atoms with Crippen LogP contribution in [0, 0.1) is 6.92 Å². The van der Waals surface area contributed by atoms with Gasteiger partial charge in [0.25, 0.3) is 0 Å². The minimum atomic E-state index is -0.743. The van der Waals surface area contributed by atoms with Gasteiger partial charge in [-0.3, -0.25) is 9.89 Å². The predicted octanol–water partition coefficient (Wildman–Crippen LogP) is 1.60. The number of aliphatic carboxylic acids is 1. The zero-order chi connectivity index (χ0) is 10.9. The van der Waals surface area contributed by atoms with Crippen LogP contribution in [0.2, 0.25) is 0 Å². The van der Waals surface area contributed by atoms with Crippen LogP contribution in [-0.4, -0.2) is 31.0 Å². The van der Waals surface area contributed by atoms with Crippen LogP contribution in [0.25, 0.3) is 0 Å². The number of rotatable bonds is 3. The smallest absolute Gasteiger partial charge is 0.320 e. The van der Waals surface area contributed by atoms with E-state index in [1.165, 1.54) is 11.8 Å². The van der Waals surface area contributed by atoms with Gasteiger partial charge in [-0.1, -0.05) is 24.6 Å². The summed E-state index contributed by atoms with van der Waals surface area (Å²) >= 11 is 1.27. The number of H-pyrrole nitrogens is 1. The topological polar surface area (TPSA) is 78.9 Å². The molecule has 0 bridgehead atoms. The highest BCUT2D eigenvalue weighted by molar-refractivity contribution is 8.01. The summed E-state index contributed by atoms with van der Waals surface area (Å²) in [5.74, 6) is -0.0245. The second kappa shape index (κ2) is 3.84. The molecule has 0 saturated heterocycles. The number of aromatic nitrogens is 3. The van der Waals surface area contributed by atoms with E-state index in [9.17, 15) is 9.90 Å². The Morgan fingerprint density at radius 1 is 1.53 bits per heavy atom. The number of hydrogen-bond acceptors (Lipinski definition) is 4. The first-order chi connectivity index (χ1) is 7.12. The van der Waals surface area contributed by atoms with Gasteiger partial charge in [0.05, 0.1) is 0 Å². The van der Waals surface area contributed by atoms with Crippen molar-refractivity contribution in [2.24, 2.45) is 0 Å². The Morgan fingerprint density at radius 2 is 2.20 bits per heavy atom. The monoisotopic (exact) mass is 227 g/mol. The minimum Gasteiger partial charge on any atom is -0.480 e. The molecule has 1 heterocycles. The molecule has 5 nitrogen and oxygen atoms in total. The lowest BCUT2D eigenvalue weighted by atomic mass is 10.1. The number of thioether (sulfide) groups is 1. The SMILES string of the molecule is Cc1nc(SC2(C(=O)O)CCCC2)n[nH]1. The van der Waals surface area contributed by atoms with Gasteiger partial charge in [0.2, 0.25) is 5.16 Å². The number of carboxylic acid groups (broad SMARTS) is 1. The Kier molecular flexibility index (Phi) is 2.68. The number of hydrogen-bond donors (Lipinski definition) is 2. The van der Waals surface area contributed by atoms with Crippen molar-refractivity contribution in [2.45, 2.75) is 42.5 Å². The van der Waals surface area contributed by atoms with Crippen molar-refractivity contribution in [3.63, 3.8) is 0 Å². The van der Waals surface area contributed by atoms with E-state index in [1.54, 1.807) is 6.92 Å². The van der Waals surface area contributed by atoms with Gasteiger partial charge in [-0.25, -0.2) is 4.98 Å². The van der Waals surface area contributed by atoms with Crippen LogP contribution in [0.5, 0.6) is 0 Å². The van der Waals surface area contributed by atoms with Crippen LogP contribution in [0.1, 0.15) is 31.5 Å². The van der Waals surface area contributed by atoms with Crippen LogP contribution < -0.4 is 0 Å². The summed E-state index contributed by atoms with van der Waals surface area (Å²) in [5, 5.41) is 16.5. The van der Waals surface area contributed by atoms with Gasteiger partial charge in [0, 0.05) is 0 Å². The highest BCUT2D eigenvalue weighted by atomic mass is 32.2. The zero-order valence-electron chi connectivity index (χ0n) is 8.49. The fourth-order valence-electron chi connectivity index (χ4n) is 1.85. The molecular formula is C9H13N3O2S. The molecule has 2 N–H and O–H groups in total. The number of carbonyl (C=O) groups is 1. The maximum atomic E-state index is 11.2. The summed E-state index contributed by atoms with van der Waals surface area (Å²) in [4.78, 5) is 15.4. The first-order valence-corrected chi connectivity index (χ1v) is 5.75. The summed E-state index contributed by atoms with van der Waals surface area (Å²) in [6.45, 7) is 1.80. The van der Waals surface area contributed by atoms with Crippen LogP contribution in [-0.2, 0) is 4.79 Å². The van der Waals surface area contributed by atoms with E-state index in [4.69, 9.17) is 0 Å². The second-order valence-corrected chi connectivity index (χ2v) is 5.16. The van der Waals surface area contributed by atoms with E-state index in [0.29, 0.717) is 18.0 Å². The molecule has 6 heteroatoms. The molecule has 82 valence electrons. The summed E-state index contributed by atoms with van der Waals surface area (Å²) in [6, 6.07) is 0. The van der Waals surface area contributed by atoms with Crippen molar-refractivity contribution in [1.82, 2.24) is 15.2 Å². The average molecular weight is 227 g/mol. The largest absolute Gasteiger partial charge is 0.480 e. The molecule has 1 aromatic rings. The van der Waals surface area contributed by atoms with Crippen LogP contribution in [0.3, 0.4) is 0 Å². The molecule has 0 aliphatic heterocycles. The van der Waals surface area contributed by atoms with Crippen molar-refractivity contribution < 1.29 is 9.90 Å². The number of nitrogens with one attached hydrogen (secondary N) is 1. The van der Waals surface area contributed by atoms with Crippen molar-refractivity contribution in [3.8, 4) is 0 Å². The summed E-state index contributed by atoms with van der Waals surface area (Å²) < 4.78 is -0.700. The van der Waals surface area contributed by atoms with E-state index in [-0.39, 0.29) is 0 Å². The fraction of sp³-hybridized carbons (Fsp3) is 0.667. The van der Waals surface area contributed by atoms with E-state index >= 15 is 0 Å².